The van der Waals surface area contributed by atoms with Crippen LogP contribution in [0.25, 0.3) is 0 Å². The Balaban J connectivity index is 2.15. The molecule has 0 radical (unpaired) electrons. The minimum atomic E-state index is -0.408. The van der Waals surface area contributed by atoms with Gasteiger partial charge in [0.05, 0.1) is 18.4 Å². The lowest BCUT2D eigenvalue weighted by Crippen LogP contribution is -2.14. The monoisotopic (exact) mass is 262 g/mol. The molecule has 0 amide bonds. The lowest BCUT2D eigenvalue weighted by atomic mass is 10.1. The van der Waals surface area contributed by atoms with E-state index in [1.165, 1.54) is 18.2 Å². The first-order valence-corrected chi connectivity index (χ1v) is 6.08. The molecule has 1 aliphatic rings. The predicted octanol–water partition coefficient (Wildman–Crippen LogP) is 3.10. The molecule has 0 spiro atoms. The molecule has 0 bridgehead atoms. The third-order valence-electron chi connectivity index (χ3n) is 3.43. The molecular weight excluding hydrogens is 247 g/mol. The summed E-state index contributed by atoms with van der Waals surface area (Å²) in [6.07, 6.45) is 2.36. The highest BCUT2D eigenvalue weighted by Gasteiger charge is 2.43. The summed E-state index contributed by atoms with van der Waals surface area (Å²) < 4.78 is 18.9. The molecule has 1 fully saturated rings. The maximum absolute atomic E-state index is 13.3. The Labute approximate surface area is 111 Å². The van der Waals surface area contributed by atoms with Gasteiger partial charge in [-0.25, -0.2) is 4.39 Å². The Kier molecular flexibility index (Phi) is 3.70. The van der Waals surface area contributed by atoms with Crippen molar-refractivity contribution in [3.05, 3.63) is 29.6 Å². The quantitative estimate of drug-likeness (QED) is 0.503. The highest BCUT2D eigenvalue weighted by Crippen LogP contribution is 2.48. The van der Waals surface area contributed by atoms with Crippen LogP contribution in [-0.4, -0.2) is 17.5 Å². The molecule has 0 aromatic heterocycles. The number of nitrogens with zero attached hydrogens (tertiary/aromatic N) is 2. The van der Waals surface area contributed by atoms with Crippen molar-refractivity contribution < 1.29 is 14.3 Å². The lowest BCUT2D eigenvalue weighted by Gasteiger charge is -2.15. The molecule has 0 unspecified atom stereocenters. The van der Waals surface area contributed by atoms with Gasteiger partial charge in [0.15, 0.2) is 0 Å². The molecule has 19 heavy (non-hydrogen) atoms. The van der Waals surface area contributed by atoms with Gasteiger partial charge >= 0.3 is 0 Å². The summed E-state index contributed by atoms with van der Waals surface area (Å²) in [4.78, 5) is 0. The van der Waals surface area contributed by atoms with E-state index in [-0.39, 0.29) is 5.41 Å². The molecule has 1 N–H and O–H groups in total. The average molecular weight is 262 g/mol. The molecule has 100 valence electrons. The van der Waals surface area contributed by atoms with E-state index in [1.54, 1.807) is 6.92 Å². The second kappa shape index (κ2) is 5.27. The zero-order valence-electron chi connectivity index (χ0n) is 10.7. The Morgan fingerprint density at radius 3 is 2.89 bits per heavy atom. The van der Waals surface area contributed by atoms with Gasteiger partial charge in [0.1, 0.15) is 11.6 Å². The molecule has 1 aromatic carbocycles. The number of oxime groups is 1. The number of halogens is 1. The molecule has 5 heteroatoms. The minimum Gasteiger partial charge on any atom is -0.492 e. The standard InChI is InChI=1S/C14H15FN2O2/c1-10(17-18)12-3-2-11(15)8-13(12)19-9-14(4-5-14)6-7-16/h2-3,8,18H,4-6,9H2,1H3. The van der Waals surface area contributed by atoms with Crippen LogP contribution >= 0.6 is 0 Å². The van der Waals surface area contributed by atoms with Gasteiger partial charge in [-0.05, 0) is 31.9 Å². The number of hydrogen-bond acceptors (Lipinski definition) is 4. The Hall–Kier alpha value is -2.09. The zero-order valence-corrected chi connectivity index (χ0v) is 10.7. The van der Waals surface area contributed by atoms with Gasteiger partial charge in [0, 0.05) is 23.5 Å². The molecule has 0 atom stereocenters. The minimum absolute atomic E-state index is 0.0808. The van der Waals surface area contributed by atoms with E-state index >= 15 is 0 Å². The maximum Gasteiger partial charge on any atom is 0.131 e. The van der Waals surface area contributed by atoms with Gasteiger partial charge in [0.2, 0.25) is 0 Å². The molecule has 0 heterocycles. The Bertz CT molecular complexity index is 545. The van der Waals surface area contributed by atoms with Crippen LogP contribution in [0, 0.1) is 22.6 Å². The van der Waals surface area contributed by atoms with E-state index in [9.17, 15) is 4.39 Å². The second-order valence-corrected chi connectivity index (χ2v) is 4.95. The van der Waals surface area contributed by atoms with Crippen LogP contribution in [0.5, 0.6) is 5.75 Å². The molecule has 2 rings (SSSR count). The predicted molar refractivity (Wildman–Crippen MR) is 67.8 cm³/mol. The third kappa shape index (κ3) is 3.02. The van der Waals surface area contributed by atoms with Crippen molar-refractivity contribution >= 4 is 5.71 Å². The van der Waals surface area contributed by atoms with Crippen molar-refractivity contribution in [1.82, 2.24) is 0 Å². The Morgan fingerprint density at radius 1 is 1.58 bits per heavy atom. The fourth-order valence-electron chi connectivity index (χ4n) is 1.92. The van der Waals surface area contributed by atoms with Crippen LogP contribution < -0.4 is 4.74 Å². The summed E-state index contributed by atoms with van der Waals surface area (Å²) in [5.41, 5.74) is 0.833. The van der Waals surface area contributed by atoms with Gasteiger partial charge in [-0.3, -0.25) is 0 Å². The van der Waals surface area contributed by atoms with E-state index in [1.807, 2.05) is 0 Å². The van der Waals surface area contributed by atoms with Crippen LogP contribution in [0.4, 0.5) is 4.39 Å². The van der Waals surface area contributed by atoms with Gasteiger partial charge < -0.3 is 9.94 Å². The Morgan fingerprint density at radius 2 is 2.32 bits per heavy atom. The molecule has 4 nitrogen and oxygen atoms in total. The van der Waals surface area contributed by atoms with Crippen molar-refractivity contribution in [3.8, 4) is 11.8 Å². The van der Waals surface area contributed by atoms with Crippen molar-refractivity contribution in [2.24, 2.45) is 10.6 Å². The van der Waals surface area contributed by atoms with Crippen LogP contribution in [0.1, 0.15) is 31.7 Å². The smallest absolute Gasteiger partial charge is 0.131 e. The van der Waals surface area contributed by atoms with E-state index in [0.29, 0.717) is 30.1 Å². The van der Waals surface area contributed by atoms with Crippen molar-refractivity contribution in [2.75, 3.05) is 6.61 Å². The number of ether oxygens (including phenoxy) is 1. The van der Waals surface area contributed by atoms with Crippen molar-refractivity contribution in [2.45, 2.75) is 26.2 Å². The van der Waals surface area contributed by atoms with Gasteiger partial charge in [-0.1, -0.05) is 5.16 Å². The molecule has 1 saturated carbocycles. The van der Waals surface area contributed by atoms with Crippen molar-refractivity contribution in [1.29, 1.82) is 5.26 Å². The van der Waals surface area contributed by atoms with E-state index < -0.39 is 5.82 Å². The van der Waals surface area contributed by atoms with Crippen LogP contribution in [0.2, 0.25) is 0 Å². The summed E-state index contributed by atoms with van der Waals surface area (Å²) in [7, 11) is 0. The molecule has 1 aliphatic carbocycles. The van der Waals surface area contributed by atoms with E-state index in [0.717, 1.165) is 12.8 Å². The van der Waals surface area contributed by atoms with Crippen LogP contribution in [0.3, 0.4) is 0 Å². The van der Waals surface area contributed by atoms with E-state index in [2.05, 4.69) is 11.2 Å². The fourth-order valence-corrected chi connectivity index (χ4v) is 1.92. The molecule has 0 saturated heterocycles. The maximum atomic E-state index is 13.3. The first kappa shape index (κ1) is 13.3. The second-order valence-electron chi connectivity index (χ2n) is 4.95. The number of rotatable bonds is 5. The highest BCUT2D eigenvalue weighted by molar-refractivity contribution is 6.00. The van der Waals surface area contributed by atoms with Crippen LogP contribution in [0.15, 0.2) is 23.4 Å². The lowest BCUT2D eigenvalue weighted by molar-refractivity contribution is 0.235. The zero-order chi connectivity index (χ0) is 13.9. The number of nitriles is 1. The normalized spacial score (nSPS) is 16.8. The average Bonchev–Trinajstić information content (AvgIpc) is 3.16. The summed E-state index contributed by atoms with van der Waals surface area (Å²) >= 11 is 0. The van der Waals surface area contributed by atoms with Gasteiger partial charge in [0.25, 0.3) is 0 Å². The SMILES string of the molecule is CC(=NO)c1ccc(F)cc1OCC1(CC#N)CC1. The fraction of sp³-hybridized carbons (Fsp3) is 0.429. The number of hydrogen-bond donors (Lipinski definition) is 1. The summed E-state index contributed by atoms with van der Waals surface area (Å²) in [5, 5.41) is 20.7. The van der Waals surface area contributed by atoms with Crippen molar-refractivity contribution in [3.63, 3.8) is 0 Å². The largest absolute Gasteiger partial charge is 0.492 e. The first-order valence-electron chi connectivity index (χ1n) is 6.08. The van der Waals surface area contributed by atoms with Gasteiger partial charge in [-0.2, -0.15) is 5.26 Å². The third-order valence-corrected chi connectivity index (χ3v) is 3.43. The molecular formula is C14H15FN2O2. The van der Waals surface area contributed by atoms with Gasteiger partial charge in [-0.15, -0.1) is 0 Å². The van der Waals surface area contributed by atoms with E-state index in [4.69, 9.17) is 15.2 Å². The highest BCUT2D eigenvalue weighted by atomic mass is 19.1. The summed E-state index contributed by atoms with van der Waals surface area (Å²) in [6.45, 7) is 2.00. The molecule has 1 aromatic rings. The van der Waals surface area contributed by atoms with Crippen LogP contribution in [-0.2, 0) is 0 Å². The molecule has 0 aliphatic heterocycles. The topological polar surface area (TPSA) is 65.6 Å². The summed E-state index contributed by atoms with van der Waals surface area (Å²) in [5.74, 6) is -0.0610. The summed E-state index contributed by atoms with van der Waals surface area (Å²) in [6, 6.07) is 6.23. The number of benzene rings is 1. The first-order chi connectivity index (χ1) is 9.10.